The summed E-state index contributed by atoms with van der Waals surface area (Å²) in [6.45, 7) is 3.25. The van der Waals surface area contributed by atoms with Crippen LogP contribution in [0.1, 0.15) is 38.2 Å². The number of aliphatic hydroxyl groups is 1. The molecule has 4 atom stereocenters. The van der Waals surface area contributed by atoms with Crippen molar-refractivity contribution in [1.29, 1.82) is 0 Å². The van der Waals surface area contributed by atoms with E-state index in [4.69, 9.17) is 9.47 Å². The average Bonchev–Trinajstić information content (AvgIpc) is 2.97. The zero-order valence-electron chi connectivity index (χ0n) is 13.8. The van der Waals surface area contributed by atoms with Crippen molar-refractivity contribution in [3.05, 3.63) is 23.8 Å². The first-order valence-electron chi connectivity index (χ1n) is 8.29. The zero-order valence-corrected chi connectivity index (χ0v) is 13.8. The fourth-order valence-corrected chi connectivity index (χ4v) is 4.74. The molecule has 1 saturated heterocycles. The van der Waals surface area contributed by atoms with E-state index in [0.717, 1.165) is 43.7 Å². The highest BCUT2D eigenvalue weighted by Crippen LogP contribution is 2.51. The van der Waals surface area contributed by atoms with Gasteiger partial charge in [0.25, 0.3) is 0 Å². The normalized spacial score (nSPS) is 34.3. The standard InChI is InChI=1S/C18H27NO3/c1-4-12-9-14(20)11-17-18(12,7-8-19-17)13-5-6-15(21-2)16(10-13)22-3/h5-6,10,12,14,17,19-20H,4,7-9,11H2,1-3H3/t12-,14-,17-,18+/m0/s1. The third-order valence-corrected chi connectivity index (χ3v) is 5.76. The molecule has 22 heavy (non-hydrogen) atoms. The van der Waals surface area contributed by atoms with Gasteiger partial charge in [-0.3, -0.25) is 0 Å². The Hall–Kier alpha value is -1.26. The van der Waals surface area contributed by atoms with E-state index in [9.17, 15) is 5.11 Å². The topological polar surface area (TPSA) is 50.7 Å². The molecular weight excluding hydrogens is 278 g/mol. The molecule has 1 aromatic rings. The van der Waals surface area contributed by atoms with E-state index in [1.54, 1.807) is 14.2 Å². The Bertz CT molecular complexity index is 533. The average molecular weight is 305 g/mol. The maximum absolute atomic E-state index is 10.2. The number of ether oxygens (including phenoxy) is 2. The molecule has 0 amide bonds. The van der Waals surface area contributed by atoms with E-state index in [0.29, 0.717) is 12.0 Å². The van der Waals surface area contributed by atoms with E-state index in [2.05, 4.69) is 24.4 Å². The van der Waals surface area contributed by atoms with Crippen molar-refractivity contribution in [1.82, 2.24) is 5.32 Å². The molecule has 2 aliphatic rings. The van der Waals surface area contributed by atoms with Crippen LogP contribution >= 0.6 is 0 Å². The van der Waals surface area contributed by atoms with Crippen LogP contribution in [0.3, 0.4) is 0 Å². The van der Waals surface area contributed by atoms with Gasteiger partial charge in [0.05, 0.1) is 20.3 Å². The van der Waals surface area contributed by atoms with Gasteiger partial charge in [0.1, 0.15) is 0 Å². The highest BCUT2D eigenvalue weighted by atomic mass is 16.5. The molecule has 1 saturated carbocycles. The van der Waals surface area contributed by atoms with Crippen LogP contribution in [0.25, 0.3) is 0 Å². The van der Waals surface area contributed by atoms with Crippen molar-refractivity contribution in [2.75, 3.05) is 20.8 Å². The van der Waals surface area contributed by atoms with Crippen molar-refractivity contribution in [2.45, 2.75) is 50.2 Å². The molecule has 2 N–H and O–H groups in total. The Morgan fingerprint density at radius 2 is 2.00 bits per heavy atom. The predicted octanol–water partition coefficient (Wildman–Crippen LogP) is 2.48. The van der Waals surface area contributed by atoms with Crippen LogP contribution in [0.5, 0.6) is 11.5 Å². The predicted molar refractivity (Wildman–Crippen MR) is 86.7 cm³/mol. The van der Waals surface area contributed by atoms with Crippen LogP contribution in [-0.4, -0.2) is 38.0 Å². The molecule has 122 valence electrons. The number of hydrogen-bond acceptors (Lipinski definition) is 4. The minimum Gasteiger partial charge on any atom is -0.493 e. The zero-order chi connectivity index (χ0) is 15.7. The van der Waals surface area contributed by atoms with Gasteiger partial charge in [-0.05, 0) is 49.4 Å². The lowest BCUT2D eigenvalue weighted by Gasteiger charge is -2.48. The first-order chi connectivity index (χ1) is 10.7. The summed E-state index contributed by atoms with van der Waals surface area (Å²) < 4.78 is 10.9. The number of benzene rings is 1. The molecule has 0 bridgehead atoms. The summed E-state index contributed by atoms with van der Waals surface area (Å²) in [7, 11) is 3.35. The summed E-state index contributed by atoms with van der Waals surface area (Å²) in [4.78, 5) is 0. The Morgan fingerprint density at radius 3 is 2.68 bits per heavy atom. The number of hydrogen-bond donors (Lipinski definition) is 2. The minimum atomic E-state index is -0.186. The van der Waals surface area contributed by atoms with Crippen molar-refractivity contribution in [2.24, 2.45) is 5.92 Å². The number of aliphatic hydroxyl groups excluding tert-OH is 1. The molecular formula is C18H27NO3. The van der Waals surface area contributed by atoms with Gasteiger partial charge >= 0.3 is 0 Å². The second-order valence-corrected chi connectivity index (χ2v) is 6.60. The van der Waals surface area contributed by atoms with Gasteiger partial charge in [0.15, 0.2) is 11.5 Å². The molecule has 4 nitrogen and oxygen atoms in total. The van der Waals surface area contributed by atoms with Gasteiger partial charge < -0.3 is 19.9 Å². The van der Waals surface area contributed by atoms with Crippen molar-refractivity contribution < 1.29 is 14.6 Å². The van der Waals surface area contributed by atoms with E-state index in [1.165, 1.54) is 5.56 Å². The molecule has 2 fully saturated rings. The fourth-order valence-electron chi connectivity index (χ4n) is 4.74. The van der Waals surface area contributed by atoms with Crippen LogP contribution < -0.4 is 14.8 Å². The van der Waals surface area contributed by atoms with Gasteiger partial charge in [-0.15, -0.1) is 0 Å². The summed E-state index contributed by atoms with van der Waals surface area (Å²) in [5.74, 6) is 2.06. The lowest BCUT2D eigenvalue weighted by atomic mass is 9.58. The van der Waals surface area contributed by atoms with Gasteiger partial charge in [-0.1, -0.05) is 19.4 Å². The minimum absolute atomic E-state index is 0.105. The van der Waals surface area contributed by atoms with Gasteiger partial charge in [-0.25, -0.2) is 0 Å². The van der Waals surface area contributed by atoms with E-state index >= 15 is 0 Å². The van der Waals surface area contributed by atoms with Gasteiger partial charge in [0.2, 0.25) is 0 Å². The maximum Gasteiger partial charge on any atom is 0.161 e. The van der Waals surface area contributed by atoms with Crippen molar-refractivity contribution >= 4 is 0 Å². The molecule has 0 unspecified atom stereocenters. The van der Waals surface area contributed by atoms with Crippen LogP contribution in [-0.2, 0) is 5.41 Å². The van der Waals surface area contributed by atoms with Crippen LogP contribution in [0.4, 0.5) is 0 Å². The SMILES string of the molecule is CC[C@H]1C[C@H](O)C[C@@H]2NCC[C@]12c1ccc(OC)c(OC)c1. The number of fused-ring (bicyclic) bond motifs is 1. The van der Waals surface area contributed by atoms with E-state index in [1.807, 2.05) is 6.07 Å². The first kappa shape index (κ1) is 15.6. The second-order valence-electron chi connectivity index (χ2n) is 6.60. The van der Waals surface area contributed by atoms with Gasteiger partial charge in [-0.2, -0.15) is 0 Å². The number of rotatable bonds is 4. The largest absolute Gasteiger partial charge is 0.493 e. The van der Waals surface area contributed by atoms with Gasteiger partial charge in [0, 0.05) is 11.5 Å². The molecule has 0 spiro atoms. The van der Waals surface area contributed by atoms with Crippen LogP contribution in [0.2, 0.25) is 0 Å². The Balaban J connectivity index is 2.06. The van der Waals surface area contributed by atoms with Crippen LogP contribution in [0.15, 0.2) is 18.2 Å². The molecule has 0 aromatic heterocycles. The Kier molecular flexibility index (Phi) is 4.33. The van der Waals surface area contributed by atoms with Crippen molar-refractivity contribution in [3.63, 3.8) is 0 Å². The third-order valence-electron chi connectivity index (χ3n) is 5.76. The summed E-state index contributed by atoms with van der Waals surface area (Å²) >= 11 is 0. The smallest absolute Gasteiger partial charge is 0.161 e. The van der Waals surface area contributed by atoms with E-state index < -0.39 is 0 Å². The summed E-state index contributed by atoms with van der Waals surface area (Å²) in [6, 6.07) is 6.68. The molecule has 4 heteroatoms. The molecule has 1 aliphatic heterocycles. The Labute approximate surface area is 132 Å². The second kappa shape index (κ2) is 6.09. The summed E-state index contributed by atoms with van der Waals surface area (Å²) in [6.07, 6.45) is 3.75. The number of methoxy groups -OCH3 is 2. The summed E-state index contributed by atoms with van der Waals surface area (Å²) in [5, 5.41) is 13.8. The Morgan fingerprint density at radius 1 is 1.23 bits per heavy atom. The highest BCUT2D eigenvalue weighted by Gasteiger charge is 2.52. The fraction of sp³-hybridized carbons (Fsp3) is 0.667. The maximum atomic E-state index is 10.2. The van der Waals surface area contributed by atoms with Crippen LogP contribution in [0, 0.1) is 5.92 Å². The molecule has 1 aromatic carbocycles. The molecule has 3 rings (SSSR count). The first-order valence-corrected chi connectivity index (χ1v) is 8.29. The van der Waals surface area contributed by atoms with E-state index in [-0.39, 0.29) is 11.5 Å². The molecule has 1 heterocycles. The number of nitrogens with one attached hydrogen (secondary N) is 1. The summed E-state index contributed by atoms with van der Waals surface area (Å²) in [5.41, 5.74) is 1.42. The quantitative estimate of drug-likeness (QED) is 0.897. The monoisotopic (exact) mass is 305 g/mol. The highest BCUT2D eigenvalue weighted by molar-refractivity contribution is 5.47. The molecule has 1 aliphatic carbocycles. The van der Waals surface area contributed by atoms with Crippen molar-refractivity contribution in [3.8, 4) is 11.5 Å². The lowest BCUT2D eigenvalue weighted by Crippen LogP contribution is -2.52. The third kappa shape index (κ3) is 2.29. The lowest BCUT2D eigenvalue weighted by molar-refractivity contribution is 0.0385. The molecule has 0 radical (unpaired) electrons.